The Labute approximate surface area is 110 Å². The van der Waals surface area contributed by atoms with Gasteiger partial charge in [0.05, 0.1) is 6.61 Å². The molecule has 0 fully saturated rings. The molecule has 0 aliphatic carbocycles. The summed E-state index contributed by atoms with van der Waals surface area (Å²) in [7, 11) is 0. The number of halogens is 1. The van der Waals surface area contributed by atoms with Crippen molar-refractivity contribution >= 4 is 5.69 Å². The molecule has 0 bridgehead atoms. The lowest BCUT2D eigenvalue weighted by molar-refractivity contribution is 0.282. The van der Waals surface area contributed by atoms with Crippen molar-refractivity contribution in [2.24, 2.45) is 0 Å². The van der Waals surface area contributed by atoms with Gasteiger partial charge in [0.25, 0.3) is 0 Å². The highest BCUT2D eigenvalue weighted by Crippen LogP contribution is 2.27. The quantitative estimate of drug-likeness (QED) is 0.895. The van der Waals surface area contributed by atoms with E-state index in [1.54, 1.807) is 18.2 Å². The van der Waals surface area contributed by atoms with Crippen molar-refractivity contribution in [2.45, 2.75) is 13.5 Å². The molecule has 0 saturated heterocycles. The fourth-order valence-electron chi connectivity index (χ4n) is 1.49. The van der Waals surface area contributed by atoms with Crippen LogP contribution in [0.2, 0.25) is 0 Å². The molecule has 2 N–H and O–H groups in total. The van der Waals surface area contributed by atoms with E-state index in [0.717, 1.165) is 0 Å². The number of ether oxygens (including phenoxy) is 2. The van der Waals surface area contributed by atoms with Gasteiger partial charge in [-0.25, -0.2) is 4.39 Å². The van der Waals surface area contributed by atoms with Crippen LogP contribution in [0, 0.1) is 5.82 Å². The standard InChI is InChI=1S/C13H14FN3O2/c1-2-18-12-11(15)13(17-8-16-12)19-7-9-5-3-4-6-10(9)14/h3-6,8H,2,7,15H2,1H3. The van der Waals surface area contributed by atoms with E-state index in [1.165, 1.54) is 12.4 Å². The smallest absolute Gasteiger partial charge is 0.244 e. The molecule has 0 unspecified atom stereocenters. The number of hydrogen-bond acceptors (Lipinski definition) is 5. The molecule has 0 amide bonds. The maximum Gasteiger partial charge on any atom is 0.244 e. The molecule has 5 nitrogen and oxygen atoms in total. The number of aromatic nitrogens is 2. The molecule has 1 aromatic heterocycles. The van der Waals surface area contributed by atoms with Gasteiger partial charge in [-0.05, 0) is 13.0 Å². The number of nitrogens with two attached hydrogens (primary N) is 1. The van der Waals surface area contributed by atoms with E-state index in [-0.39, 0.29) is 29.9 Å². The van der Waals surface area contributed by atoms with E-state index < -0.39 is 0 Å². The van der Waals surface area contributed by atoms with Gasteiger partial charge >= 0.3 is 0 Å². The first-order valence-electron chi connectivity index (χ1n) is 5.81. The molecule has 0 saturated carbocycles. The Morgan fingerprint density at radius 1 is 1.16 bits per heavy atom. The molecule has 100 valence electrons. The molecule has 19 heavy (non-hydrogen) atoms. The Morgan fingerprint density at radius 3 is 2.53 bits per heavy atom. The lowest BCUT2D eigenvalue weighted by atomic mass is 10.2. The number of nitrogens with zero attached hydrogens (tertiary/aromatic N) is 2. The molecule has 1 heterocycles. The van der Waals surface area contributed by atoms with Crippen LogP contribution in [0.15, 0.2) is 30.6 Å². The molecule has 0 aliphatic heterocycles. The summed E-state index contributed by atoms with van der Waals surface area (Å²) in [6, 6.07) is 6.35. The van der Waals surface area contributed by atoms with Crippen molar-refractivity contribution < 1.29 is 13.9 Å². The summed E-state index contributed by atoms with van der Waals surface area (Å²) in [5.74, 6) is 0.114. The molecule has 0 atom stereocenters. The van der Waals surface area contributed by atoms with Crippen LogP contribution in [0.5, 0.6) is 11.8 Å². The van der Waals surface area contributed by atoms with Crippen molar-refractivity contribution in [1.29, 1.82) is 0 Å². The Morgan fingerprint density at radius 2 is 1.84 bits per heavy atom. The van der Waals surface area contributed by atoms with Crippen LogP contribution < -0.4 is 15.2 Å². The van der Waals surface area contributed by atoms with E-state index in [9.17, 15) is 4.39 Å². The lowest BCUT2D eigenvalue weighted by Gasteiger charge is -2.10. The molecule has 2 aromatic rings. The first-order valence-corrected chi connectivity index (χ1v) is 5.81. The van der Waals surface area contributed by atoms with Gasteiger partial charge in [0, 0.05) is 5.56 Å². The third kappa shape index (κ3) is 3.09. The van der Waals surface area contributed by atoms with Gasteiger partial charge < -0.3 is 15.2 Å². The van der Waals surface area contributed by atoms with Gasteiger partial charge in [-0.1, -0.05) is 18.2 Å². The summed E-state index contributed by atoms with van der Waals surface area (Å²) in [5, 5.41) is 0. The fraction of sp³-hybridized carbons (Fsp3) is 0.231. The third-order valence-electron chi connectivity index (χ3n) is 2.41. The zero-order valence-corrected chi connectivity index (χ0v) is 10.5. The lowest BCUT2D eigenvalue weighted by Crippen LogP contribution is -2.06. The van der Waals surface area contributed by atoms with Crippen LogP contribution in [-0.2, 0) is 6.61 Å². The number of rotatable bonds is 5. The summed E-state index contributed by atoms with van der Waals surface area (Å²) in [6.07, 6.45) is 1.29. The predicted octanol–water partition coefficient (Wildman–Crippen LogP) is 2.18. The van der Waals surface area contributed by atoms with Crippen LogP contribution in [0.3, 0.4) is 0 Å². The largest absolute Gasteiger partial charge is 0.476 e. The van der Waals surface area contributed by atoms with Gasteiger partial charge in [-0.15, -0.1) is 0 Å². The van der Waals surface area contributed by atoms with Gasteiger partial charge in [0.2, 0.25) is 11.8 Å². The Kier molecular flexibility index (Phi) is 4.12. The van der Waals surface area contributed by atoms with Gasteiger partial charge in [-0.3, -0.25) is 0 Å². The molecule has 0 spiro atoms. The number of benzene rings is 1. The van der Waals surface area contributed by atoms with Gasteiger partial charge in [0.1, 0.15) is 18.8 Å². The first kappa shape index (κ1) is 13.1. The van der Waals surface area contributed by atoms with Crippen molar-refractivity contribution in [2.75, 3.05) is 12.3 Å². The summed E-state index contributed by atoms with van der Waals surface area (Å²) in [6.45, 7) is 2.30. The summed E-state index contributed by atoms with van der Waals surface area (Å²) < 4.78 is 24.0. The minimum atomic E-state index is -0.333. The van der Waals surface area contributed by atoms with Crippen molar-refractivity contribution in [3.63, 3.8) is 0 Å². The average molecular weight is 263 g/mol. The van der Waals surface area contributed by atoms with Gasteiger partial charge in [0.15, 0.2) is 5.69 Å². The van der Waals surface area contributed by atoms with Gasteiger partial charge in [-0.2, -0.15) is 9.97 Å². The molecule has 0 radical (unpaired) electrons. The second-order valence-electron chi connectivity index (χ2n) is 3.71. The predicted molar refractivity (Wildman–Crippen MR) is 68.3 cm³/mol. The topological polar surface area (TPSA) is 70.3 Å². The van der Waals surface area contributed by atoms with E-state index in [0.29, 0.717) is 12.2 Å². The maximum atomic E-state index is 13.4. The van der Waals surface area contributed by atoms with Crippen LogP contribution in [0.1, 0.15) is 12.5 Å². The van der Waals surface area contributed by atoms with Crippen molar-refractivity contribution in [1.82, 2.24) is 9.97 Å². The highest BCUT2D eigenvalue weighted by Gasteiger charge is 2.11. The van der Waals surface area contributed by atoms with E-state index >= 15 is 0 Å². The molecule has 6 heteroatoms. The van der Waals surface area contributed by atoms with E-state index in [1.807, 2.05) is 6.92 Å². The number of anilines is 1. The third-order valence-corrected chi connectivity index (χ3v) is 2.41. The number of hydrogen-bond donors (Lipinski definition) is 1. The van der Waals surface area contributed by atoms with Crippen LogP contribution in [0.4, 0.5) is 10.1 Å². The van der Waals surface area contributed by atoms with E-state index in [2.05, 4.69) is 9.97 Å². The number of nitrogen functional groups attached to an aromatic ring is 1. The summed E-state index contributed by atoms with van der Waals surface area (Å²) in [5.41, 5.74) is 6.44. The van der Waals surface area contributed by atoms with Crippen LogP contribution in [0.25, 0.3) is 0 Å². The molecule has 2 rings (SSSR count). The molecular formula is C13H14FN3O2. The maximum absolute atomic E-state index is 13.4. The first-order chi connectivity index (χ1) is 9.22. The Hall–Kier alpha value is -2.37. The monoisotopic (exact) mass is 263 g/mol. The fourth-order valence-corrected chi connectivity index (χ4v) is 1.49. The van der Waals surface area contributed by atoms with E-state index in [4.69, 9.17) is 15.2 Å². The molecule has 1 aromatic carbocycles. The SMILES string of the molecule is CCOc1ncnc(OCc2ccccc2F)c1N. The van der Waals surface area contributed by atoms with Crippen LogP contribution in [-0.4, -0.2) is 16.6 Å². The minimum Gasteiger partial charge on any atom is -0.476 e. The zero-order chi connectivity index (χ0) is 13.7. The highest BCUT2D eigenvalue weighted by atomic mass is 19.1. The summed E-state index contributed by atoms with van der Waals surface area (Å²) >= 11 is 0. The minimum absolute atomic E-state index is 0.0411. The van der Waals surface area contributed by atoms with Crippen LogP contribution >= 0.6 is 0 Å². The zero-order valence-electron chi connectivity index (χ0n) is 10.5. The highest BCUT2D eigenvalue weighted by molar-refractivity contribution is 5.55. The average Bonchev–Trinajstić information content (AvgIpc) is 2.42. The Bertz CT molecular complexity index is 563. The second kappa shape index (κ2) is 5.99. The van der Waals surface area contributed by atoms with Crippen molar-refractivity contribution in [3.8, 4) is 11.8 Å². The normalized spacial score (nSPS) is 10.2. The summed E-state index contributed by atoms with van der Waals surface area (Å²) in [4.78, 5) is 7.79. The molecular weight excluding hydrogens is 249 g/mol. The second-order valence-corrected chi connectivity index (χ2v) is 3.71. The molecule has 0 aliphatic rings. The Balaban J connectivity index is 2.12. The van der Waals surface area contributed by atoms with Crippen molar-refractivity contribution in [3.05, 3.63) is 42.0 Å².